The van der Waals surface area contributed by atoms with E-state index in [1.54, 1.807) is 11.9 Å². The van der Waals surface area contributed by atoms with Gasteiger partial charge in [0.15, 0.2) is 0 Å². The molecule has 3 rings (SSSR count). The highest BCUT2D eigenvalue weighted by Crippen LogP contribution is 2.41. The van der Waals surface area contributed by atoms with Gasteiger partial charge < -0.3 is 15.1 Å². The van der Waals surface area contributed by atoms with Crippen molar-refractivity contribution in [3.8, 4) is 0 Å². The van der Waals surface area contributed by atoms with Crippen LogP contribution >= 0.6 is 0 Å². The molecule has 2 aromatic rings. The van der Waals surface area contributed by atoms with Crippen LogP contribution in [0.3, 0.4) is 0 Å². The SMILES string of the molecule is CCN(CC)c1ccc(NC(=O)C2CC2C(=O)N(C)Cc2ccccc2)c(C)c1. The largest absolute Gasteiger partial charge is 0.372 e. The third kappa shape index (κ3) is 4.97. The lowest BCUT2D eigenvalue weighted by molar-refractivity contribution is -0.133. The van der Waals surface area contributed by atoms with Crippen LogP contribution in [0.2, 0.25) is 0 Å². The molecule has 1 aliphatic rings. The van der Waals surface area contributed by atoms with Crippen LogP contribution in [0.15, 0.2) is 48.5 Å². The van der Waals surface area contributed by atoms with Crippen LogP contribution in [0.1, 0.15) is 31.4 Å². The van der Waals surface area contributed by atoms with Gasteiger partial charge in [0.05, 0.1) is 11.8 Å². The molecule has 2 atom stereocenters. The molecule has 5 nitrogen and oxygen atoms in total. The van der Waals surface area contributed by atoms with Crippen molar-refractivity contribution in [2.75, 3.05) is 30.4 Å². The summed E-state index contributed by atoms with van der Waals surface area (Å²) in [4.78, 5) is 29.3. The lowest BCUT2D eigenvalue weighted by Crippen LogP contribution is -2.29. The molecular weight excluding hydrogens is 362 g/mol. The van der Waals surface area contributed by atoms with Crippen molar-refractivity contribution in [1.82, 2.24) is 4.90 Å². The predicted octanol–water partition coefficient (Wildman–Crippen LogP) is 4.07. The van der Waals surface area contributed by atoms with Crippen LogP contribution in [-0.4, -0.2) is 36.9 Å². The normalized spacial score (nSPS) is 17.5. The van der Waals surface area contributed by atoms with Crippen LogP contribution in [0.4, 0.5) is 11.4 Å². The standard InChI is InChI=1S/C24H31N3O2/c1-5-27(6-2)19-12-13-22(17(3)14-19)25-23(28)20-15-21(20)24(29)26(4)16-18-10-8-7-9-11-18/h7-14,20-21H,5-6,15-16H2,1-4H3,(H,25,28). The molecule has 0 aliphatic heterocycles. The number of amides is 2. The summed E-state index contributed by atoms with van der Waals surface area (Å²) in [7, 11) is 1.80. The van der Waals surface area contributed by atoms with Gasteiger partial charge >= 0.3 is 0 Å². The molecule has 5 heteroatoms. The van der Waals surface area contributed by atoms with Crippen LogP contribution in [0.25, 0.3) is 0 Å². The van der Waals surface area contributed by atoms with Gasteiger partial charge in [0.25, 0.3) is 0 Å². The average Bonchev–Trinajstić information content (AvgIpc) is 3.52. The third-order valence-corrected chi connectivity index (χ3v) is 5.68. The van der Waals surface area contributed by atoms with Gasteiger partial charge in [-0.25, -0.2) is 0 Å². The van der Waals surface area contributed by atoms with E-state index in [0.29, 0.717) is 13.0 Å². The van der Waals surface area contributed by atoms with E-state index < -0.39 is 0 Å². The van der Waals surface area contributed by atoms with E-state index in [2.05, 4.69) is 30.1 Å². The summed E-state index contributed by atoms with van der Waals surface area (Å²) < 4.78 is 0. The van der Waals surface area contributed by atoms with Crippen molar-refractivity contribution in [2.45, 2.75) is 33.7 Å². The predicted molar refractivity (Wildman–Crippen MR) is 118 cm³/mol. The fourth-order valence-corrected chi connectivity index (χ4v) is 3.77. The van der Waals surface area contributed by atoms with Crippen molar-refractivity contribution in [3.05, 3.63) is 59.7 Å². The van der Waals surface area contributed by atoms with Crippen molar-refractivity contribution >= 4 is 23.2 Å². The Bertz CT molecular complexity index is 862. The van der Waals surface area contributed by atoms with E-state index in [4.69, 9.17) is 0 Å². The van der Waals surface area contributed by atoms with Gasteiger partial charge in [0, 0.05) is 38.1 Å². The fourth-order valence-electron chi connectivity index (χ4n) is 3.77. The molecule has 2 amide bonds. The maximum Gasteiger partial charge on any atom is 0.228 e. The van der Waals surface area contributed by atoms with E-state index in [9.17, 15) is 9.59 Å². The van der Waals surface area contributed by atoms with E-state index in [1.807, 2.05) is 49.4 Å². The van der Waals surface area contributed by atoms with Crippen molar-refractivity contribution in [1.29, 1.82) is 0 Å². The highest BCUT2D eigenvalue weighted by Gasteiger charge is 2.49. The first-order valence-corrected chi connectivity index (χ1v) is 10.4. The minimum Gasteiger partial charge on any atom is -0.372 e. The number of carbonyl (C=O) groups excluding carboxylic acids is 2. The number of benzene rings is 2. The Hall–Kier alpha value is -2.82. The lowest BCUT2D eigenvalue weighted by atomic mass is 10.1. The monoisotopic (exact) mass is 393 g/mol. The number of carbonyl (C=O) groups is 2. The Morgan fingerprint density at radius 3 is 2.34 bits per heavy atom. The summed E-state index contributed by atoms with van der Waals surface area (Å²) in [5, 5.41) is 3.02. The van der Waals surface area contributed by atoms with Gasteiger partial charge in [-0.05, 0) is 56.5 Å². The molecular formula is C24H31N3O2. The number of hydrogen-bond acceptors (Lipinski definition) is 3. The maximum atomic E-state index is 12.7. The van der Waals surface area contributed by atoms with Gasteiger partial charge in [-0.15, -0.1) is 0 Å². The topological polar surface area (TPSA) is 52.7 Å². The number of hydrogen-bond donors (Lipinski definition) is 1. The van der Waals surface area contributed by atoms with Crippen molar-refractivity contribution < 1.29 is 9.59 Å². The van der Waals surface area contributed by atoms with Crippen molar-refractivity contribution in [2.24, 2.45) is 11.8 Å². The molecule has 1 saturated carbocycles. The second kappa shape index (κ2) is 9.12. The zero-order chi connectivity index (χ0) is 21.0. The van der Waals surface area contributed by atoms with Crippen LogP contribution in [-0.2, 0) is 16.1 Å². The van der Waals surface area contributed by atoms with E-state index in [-0.39, 0.29) is 23.7 Å². The minimum absolute atomic E-state index is 0.0441. The first-order valence-electron chi connectivity index (χ1n) is 10.4. The van der Waals surface area contributed by atoms with E-state index in [1.165, 1.54) is 0 Å². The quantitative estimate of drug-likeness (QED) is 0.735. The molecule has 0 bridgehead atoms. The molecule has 0 spiro atoms. The number of nitrogens with zero attached hydrogens (tertiary/aromatic N) is 2. The van der Waals surface area contributed by atoms with Gasteiger partial charge in [-0.3, -0.25) is 9.59 Å². The Morgan fingerprint density at radius 1 is 1.03 bits per heavy atom. The molecule has 0 heterocycles. The Morgan fingerprint density at radius 2 is 1.72 bits per heavy atom. The third-order valence-electron chi connectivity index (χ3n) is 5.68. The first-order chi connectivity index (χ1) is 13.9. The molecule has 0 radical (unpaired) electrons. The van der Waals surface area contributed by atoms with Gasteiger partial charge in [-0.2, -0.15) is 0 Å². The number of aryl methyl sites for hydroxylation is 1. The molecule has 1 fully saturated rings. The number of nitrogens with one attached hydrogen (secondary N) is 1. The minimum atomic E-state index is -0.234. The van der Waals surface area contributed by atoms with Crippen LogP contribution in [0.5, 0.6) is 0 Å². The van der Waals surface area contributed by atoms with Gasteiger partial charge in [0.1, 0.15) is 0 Å². The summed E-state index contributed by atoms with van der Waals surface area (Å²) in [5.74, 6) is -0.459. The second-order valence-electron chi connectivity index (χ2n) is 7.79. The van der Waals surface area contributed by atoms with E-state index in [0.717, 1.165) is 35.6 Å². The Kier molecular flexibility index (Phi) is 6.57. The van der Waals surface area contributed by atoms with Crippen molar-refractivity contribution in [3.63, 3.8) is 0 Å². The zero-order valence-electron chi connectivity index (χ0n) is 17.8. The lowest BCUT2D eigenvalue weighted by Gasteiger charge is -2.22. The molecule has 2 aromatic carbocycles. The van der Waals surface area contributed by atoms with Crippen LogP contribution < -0.4 is 10.2 Å². The number of rotatable bonds is 8. The van der Waals surface area contributed by atoms with Crippen LogP contribution in [0, 0.1) is 18.8 Å². The Labute approximate surface area is 173 Å². The smallest absolute Gasteiger partial charge is 0.228 e. The summed E-state index contributed by atoms with van der Waals surface area (Å²) in [6, 6.07) is 16.0. The highest BCUT2D eigenvalue weighted by molar-refractivity contribution is 6.00. The molecule has 0 saturated heterocycles. The van der Waals surface area contributed by atoms with E-state index >= 15 is 0 Å². The van der Waals surface area contributed by atoms with Gasteiger partial charge in [-0.1, -0.05) is 30.3 Å². The summed E-state index contributed by atoms with van der Waals surface area (Å²) in [6.45, 7) is 8.73. The first kappa shape index (κ1) is 20.9. The average molecular weight is 394 g/mol. The summed E-state index contributed by atoms with van der Waals surface area (Å²) >= 11 is 0. The highest BCUT2D eigenvalue weighted by atomic mass is 16.2. The summed E-state index contributed by atoms with van der Waals surface area (Å²) in [5.41, 5.74) is 4.11. The molecule has 1 aliphatic carbocycles. The summed E-state index contributed by atoms with van der Waals surface area (Å²) in [6.07, 6.45) is 0.625. The fraction of sp³-hybridized carbons (Fsp3) is 0.417. The Balaban J connectivity index is 1.56. The van der Waals surface area contributed by atoms with Gasteiger partial charge in [0.2, 0.25) is 11.8 Å². The number of anilines is 2. The molecule has 1 N–H and O–H groups in total. The molecule has 154 valence electrons. The zero-order valence-corrected chi connectivity index (χ0v) is 17.8. The molecule has 29 heavy (non-hydrogen) atoms. The molecule has 0 aromatic heterocycles. The molecule has 2 unspecified atom stereocenters. The maximum absolute atomic E-state index is 12.7. The second-order valence-corrected chi connectivity index (χ2v) is 7.79.